The van der Waals surface area contributed by atoms with E-state index in [1.54, 1.807) is 0 Å². The van der Waals surface area contributed by atoms with Gasteiger partial charge >= 0.3 is 0 Å². The molecule has 0 aliphatic rings. The molecule has 0 bridgehead atoms. The SMILES string of the molecule is O=C(Cc1cccc2ccccc12)NCCc1nnc2ccccn12. The van der Waals surface area contributed by atoms with E-state index in [0.717, 1.165) is 27.8 Å². The Kier molecular flexibility index (Phi) is 4.12. The predicted octanol–water partition coefficient (Wildman–Crippen LogP) is 2.78. The zero-order valence-corrected chi connectivity index (χ0v) is 13.7. The Morgan fingerprint density at radius 3 is 2.76 bits per heavy atom. The number of hydrogen-bond acceptors (Lipinski definition) is 3. The van der Waals surface area contributed by atoms with Crippen LogP contribution in [0.15, 0.2) is 66.9 Å². The largest absolute Gasteiger partial charge is 0.355 e. The molecular formula is C20H18N4O. The van der Waals surface area contributed by atoms with Crippen LogP contribution in [0.4, 0.5) is 0 Å². The highest BCUT2D eigenvalue weighted by Gasteiger charge is 2.08. The van der Waals surface area contributed by atoms with Crippen LogP contribution < -0.4 is 5.32 Å². The second-order valence-corrected chi connectivity index (χ2v) is 5.96. The third kappa shape index (κ3) is 3.21. The van der Waals surface area contributed by atoms with Gasteiger partial charge in [-0.15, -0.1) is 10.2 Å². The number of nitrogens with one attached hydrogen (secondary N) is 1. The van der Waals surface area contributed by atoms with Crippen molar-refractivity contribution in [2.75, 3.05) is 6.54 Å². The normalized spacial score (nSPS) is 11.0. The standard InChI is InChI=1S/C20H18N4O/c25-20(14-16-8-5-7-15-6-1-2-9-17(15)16)21-12-11-19-23-22-18-10-3-4-13-24(18)19/h1-10,13H,11-12,14H2,(H,21,25). The van der Waals surface area contributed by atoms with E-state index in [1.807, 2.05) is 53.1 Å². The zero-order chi connectivity index (χ0) is 17.1. The molecule has 4 rings (SSSR count). The van der Waals surface area contributed by atoms with Crippen molar-refractivity contribution in [2.45, 2.75) is 12.8 Å². The molecule has 2 aromatic carbocycles. The minimum absolute atomic E-state index is 0.0187. The van der Waals surface area contributed by atoms with Gasteiger partial charge in [0, 0.05) is 19.2 Å². The lowest BCUT2D eigenvalue weighted by Crippen LogP contribution is -2.27. The van der Waals surface area contributed by atoms with Gasteiger partial charge in [0.2, 0.25) is 5.91 Å². The van der Waals surface area contributed by atoms with Crippen LogP contribution in [0.5, 0.6) is 0 Å². The van der Waals surface area contributed by atoms with E-state index in [4.69, 9.17) is 0 Å². The molecule has 0 radical (unpaired) electrons. The quantitative estimate of drug-likeness (QED) is 0.612. The molecule has 0 saturated carbocycles. The Morgan fingerprint density at radius 2 is 1.80 bits per heavy atom. The van der Waals surface area contributed by atoms with E-state index in [9.17, 15) is 4.79 Å². The Labute approximate surface area is 145 Å². The molecule has 0 fully saturated rings. The summed E-state index contributed by atoms with van der Waals surface area (Å²) in [5, 5.41) is 13.6. The lowest BCUT2D eigenvalue weighted by molar-refractivity contribution is -0.120. The van der Waals surface area contributed by atoms with E-state index in [2.05, 4.69) is 33.7 Å². The maximum atomic E-state index is 12.3. The van der Waals surface area contributed by atoms with E-state index in [0.29, 0.717) is 19.4 Å². The van der Waals surface area contributed by atoms with Crippen molar-refractivity contribution in [3.63, 3.8) is 0 Å². The van der Waals surface area contributed by atoms with Crippen molar-refractivity contribution in [2.24, 2.45) is 0 Å². The van der Waals surface area contributed by atoms with Gasteiger partial charge in [-0.3, -0.25) is 9.20 Å². The number of carbonyl (C=O) groups is 1. The maximum absolute atomic E-state index is 12.3. The summed E-state index contributed by atoms with van der Waals surface area (Å²) in [6.45, 7) is 0.541. The fourth-order valence-corrected chi connectivity index (χ4v) is 3.06. The van der Waals surface area contributed by atoms with Gasteiger partial charge in [0.05, 0.1) is 6.42 Å². The Morgan fingerprint density at radius 1 is 0.960 bits per heavy atom. The van der Waals surface area contributed by atoms with Crippen LogP contribution in [0.3, 0.4) is 0 Å². The molecule has 5 nitrogen and oxygen atoms in total. The molecule has 4 aromatic rings. The van der Waals surface area contributed by atoms with Crippen LogP contribution in [0.1, 0.15) is 11.4 Å². The summed E-state index contributed by atoms with van der Waals surface area (Å²) in [6, 6.07) is 20.0. The molecule has 0 aliphatic carbocycles. The van der Waals surface area contributed by atoms with Gasteiger partial charge in [-0.1, -0.05) is 48.5 Å². The highest BCUT2D eigenvalue weighted by atomic mass is 16.1. The molecule has 0 aliphatic heterocycles. The molecule has 1 amide bonds. The fraction of sp³-hybridized carbons (Fsp3) is 0.150. The first-order valence-corrected chi connectivity index (χ1v) is 8.33. The van der Waals surface area contributed by atoms with Gasteiger partial charge in [0.25, 0.3) is 0 Å². The molecular weight excluding hydrogens is 312 g/mol. The van der Waals surface area contributed by atoms with Crippen molar-refractivity contribution in [1.29, 1.82) is 0 Å². The number of benzene rings is 2. The van der Waals surface area contributed by atoms with Crippen LogP contribution in [0.25, 0.3) is 16.4 Å². The summed E-state index contributed by atoms with van der Waals surface area (Å²) < 4.78 is 1.94. The molecule has 25 heavy (non-hydrogen) atoms. The summed E-state index contributed by atoms with van der Waals surface area (Å²) in [5.41, 5.74) is 1.86. The highest BCUT2D eigenvalue weighted by molar-refractivity contribution is 5.90. The minimum Gasteiger partial charge on any atom is -0.355 e. The van der Waals surface area contributed by atoms with Crippen LogP contribution in [0.2, 0.25) is 0 Å². The van der Waals surface area contributed by atoms with Gasteiger partial charge in [-0.05, 0) is 28.5 Å². The molecule has 0 saturated heterocycles. The van der Waals surface area contributed by atoms with Gasteiger partial charge in [0.15, 0.2) is 5.65 Å². The Bertz CT molecular complexity index is 1030. The fourth-order valence-electron chi connectivity index (χ4n) is 3.06. The molecule has 124 valence electrons. The van der Waals surface area contributed by atoms with Crippen molar-refractivity contribution in [3.05, 3.63) is 78.2 Å². The van der Waals surface area contributed by atoms with Crippen LogP contribution in [-0.2, 0) is 17.6 Å². The molecule has 2 heterocycles. The van der Waals surface area contributed by atoms with Gasteiger partial charge < -0.3 is 5.32 Å². The third-order valence-electron chi connectivity index (χ3n) is 4.29. The van der Waals surface area contributed by atoms with Gasteiger partial charge in [0.1, 0.15) is 5.82 Å². The van der Waals surface area contributed by atoms with E-state index < -0.39 is 0 Å². The van der Waals surface area contributed by atoms with E-state index in [1.165, 1.54) is 0 Å². The summed E-state index contributed by atoms with van der Waals surface area (Å²) in [5.74, 6) is 0.867. The van der Waals surface area contributed by atoms with Gasteiger partial charge in [-0.2, -0.15) is 0 Å². The monoisotopic (exact) mass is 330 g/mol. The number of rotatable bonds is 5. The van der Waals surface area contributed by atoms with E-state index >= 15 is 0 Å². The first kappa shape index (κ1) is 15.3. The van der Waals surface area contributed by atoms with Crippen molar-refractivity contribution >= 4 is 22.3 Å². The highest BCUT2D eigenvalue weighted by Crippen LogP contribution is 2.18. The topological polar surface area (TPSA) is 59.3 Å². The van der Waals surface area contributed by atoms with Crippen molar-refractivity contribution in [3.8, 4) is 0 Å². The molecule has 0 spiro atoms. The summed E-state index contributed by atoms with van der Waals surface area (Å²) >= 11 is 0. The molecule has 1 N–H and O–H groups in total. The van der Waals surface area contributed by atoms with Crippen molar-refractivity contribution < 1.29 is 4.79 Å². The molecule has 0 atom stereocenters. The Balaban J connectivity index is 1.39. The number of fused-ring (bicyclic) bond motifs is 2. The van der Waals surface area contributed by atoms with Crippen LogP contribution in [-0.4, -0.2) is 27.0 Å². The first-order chi connectivity index (χ1) is 12.3. The minimum atomic E-state index is 0.0187. The number of aromatic nitrogens is 3. The smallest absolute Gasteiger partial charge is 0.224 e. The summed E-state index contributed by atoms with van der Waals surface area (Å²) in [7, 11) is 0. The lowest BCUT2D eigenvalue weighted by Gasteiger charge is -2.07. The molecule has 5 heteroatoms. The number of pyridine rings is 1. The van der Waals surface area contributed by atoms with Crippen LogP contribution in [0, 0.1) is 0 Å². The third-order valence-corrected chi connectivity index (χ3v) is 4.29. The summed E-state index contributed by atoms with van der Waals surface area (Å²) in [4.78, 5) is 12.3. The lowest BCUT2D eigenvalue weighted by atomic mass is 10.0. The van der Waals surface area contributed by atoms with Crippen LogP contribution >= 0.6 is 0 Å². The number of amides is 1. The molecule has 0 unspecified atom stereocenters. The molecule has 2 aromatic heterocycles. The maximum Gasteiger partial charge on any atom is 0.224 e. The average Bonchev–Trinajstić information content (AvgIpc) is 3.05. The van der Waals surface area contributed by atoms with Crippen molar-refractivity contribution in [1.82, 2.24) is 19.9 Å². The number of hydrogen-bond donors (Lipinski definition) is 1. The predicted molar refractivity (Wildman–Crippen MR) is 97.4 cm³/mol. The number of nitrogens with zero attached hydrogens (tertiary/aromatic N) is 3. The number of carbonyl (C=O) groups excluding carboxylic acids is 1. The Hall–Kier alpha value is -3.21. The first-order valence-electron chi connectivity index (χ1n) is 8.33. The second-order valence-electron chi connectivity index (χ2n) is 5.96. The summed E-state index contributed by atoms with van der Waals surface area (Å²) in [6.07, 6.45) is 2.96. The zero-order valence-electron chi connectivity index (χ0n) is 13.7. The average molecular weight is 330 g/mol. The van der Waals surface area contributed by atoms with E-state index in [-0.39, 0.29) is 5.91 Å². The van der Waals surface area contributed by atoms with Gasteiger partial charge in [-0.25, -0.2) is 0 Å². The second kappa shape index (κ2) is 6.73.